The SMILES string of the molecule is Nc1ncncc1C(=O)NC1CCN(Cc2ccc(Cl)cc2)CC1. The molecule has 1 amide bonds. The topological polar surface area (TPSA) is 84.1 Å². The number of nitrogens with one attached hydrogen (secondary N) is 1. The smallest absolute Gasteiger partial charge is 0.256 e. The highest BCUT2D eigenvalue weighted by atomic mass is 35.5. The Balaban J connectivity index is 1.49. The lowest BCUT2D eigenvalue weighted by atomic mass is 10.0. The molecule has 126 valence electrons. The predicted octanol–water partition coefficient (Wildman–Crippen LogP) is 2.11. The van der Waals surface area contributed by atoms with Gasteiger partial charge in [-0.25, -0.2) is 9.97 Å². The van der Waals surface area contributed by atoms with Crippen LogP contribution in [0.2, 0.25) is 5.02 Å². The predicted molar refractivity (Wildman–Crippen MR) is 93.7 cm³/mol. The van der Waals surface area contributed by atoms with Crippen LogP contribution in [0.5, 0.6) is 0 Å². The molecule has 1 aliphatic heterocycles. The molecule has 1 aromatic carbocycles. The standard InChI is InChI=1S/C17H20ClN5O/c18-13-3-1-12(2-4-13)10-23-7-5-14(6-8-23)22-17(24)15-9-20-11-21-16(15)19/h1-4,9,11,14H,5-8,10H2,(H,22,24)(H2,19,20,21). The van der Waals surface area contributed by atoms with E-state index >= 15 is 0 Å². The molecule has 6 nitrogen and oxygen atoms in total. The number of anilines is 1. The molecular weight excluding hydrogens is 326 g/mol. The number of rotatable bonds is 4. The van der Waals surface area contributed by atoms with Crippen molar-refractivity contribution in [1.29, 1.82) is 0 Å². The molecule has 0 atom stereocenters. The van der Waals surface area contributed by atoms with E-state index in [9.17, 15) is 4.79 Å². The molecule has 2 heterocycles. The number of aromatic nitrogens is 2. The van der Waals surface area contributed by atoms with E-state index < -0.39 is 0 Å². The van der Waals surface area contributed by atoms with Gasteiger partial charge in [0, 0.05) is 36.9 Å². The number of benzene rings is 1. The van der Waals surface area contributed by atoms with Gasteiger partial charge in [0.25, 0.3) is 5.91 Å². The second-order valence-corrected chi connectivity index (χ2v) is 6.41. The average Bonchev–Trinajstić information content (AvgIpc) is 2.59. The number of hydrogen-bond donors (Lipinski definition) is 2. The average molecular weight is 346 g/mol. The summed E-state index contributed by atoms with van der Waals surface area (Å²) in [6, 6.07) is 8.08. The zero-order chi connectivity index (χ0) is 16.9. The van der Waals surface area contributed by atoms with Crippen LogP contribution in [0.25, 0.3) is 0 Å². The Morgan fingerprint density at radius 1 is 1.29 bits per heavy atom. The maximum Gasteiger partial charge on any atom is 0.256 e. The molecule has 0 aliphatic carbocycles. The first-order chi connectivity index (χ1) is 11.6. The van der Waals surface area contributed by atoms with E-state index in [1.807, 2.05) is 24.3 Å². The number of carbonyl (C=O) groups is 1. The Morgan fingerprint density at radius 3 is 2.67 bits per heavy atom. The van der Waals surface area contributed by atoms with E-state index in [0.29, 0.717) is 5.56 Å². The fourth-order valence-corrected chi connectivity index (χ4v) is 2.99. The summed E-state index contributed by atoms with van der Waals surface area (Å²) in [7, 11) is 0. The molecule has 1 aromatic heterocycles. The molecule has 0 unspecified atom stereocenters. The first-order valence-corrected chi connectivity index (χ1v) is 8.33. The van der Waals surface area contributed by atoms with Crippen molar-refractivity contribution in [2.24, 2.45) is 0 Å². The Hall–Kier alpha value is -2.18. The number of nitrogen functional groups attached to an aromatic ring is 1. The van der Waals surface area contributed by atoms with Gasteiger partial charge in [0.2, 0.25) is 0 Å². The molecule has 2 aromatic rings. The quantitative estimate of drug-likeness (QED) is 0.886. The van der Waals surface area contributed by atoms with E-state index in [1.165, 1.54) is 18.1 Å². The fourth-order valence-electron chi connectivity index (χ4n) is 2.86. The van der Waals surface area contributed by atoms with Crippen molar-refractivity contribution >= 4 is 23.3 Å². The minimum Gasteiger partial charge on any atom is -0.383 e. The summed E-state index contributed by atoms with van der Waals surface area (Å²) in [4.78, 5) is 22.3. The van der Waals surface area contributed by atoms with E-state index in [2.05, 4.69) is 20.2 Å². The number of amides is 1. The van der Waals surface area contributed by atoms with Gasteiger partial charge in [0.05, 0.1) is 5.56 Å². The number of carbonyl (C=O) groups excluding carboxylic acids is 1. The van der Waals surface area contributed by atoms with Crippen molar-refractivity contribution in [3.63, 3.8) is 0 Å². The Labute approximate surface area is 146 Å². The molecule has 24 heavy (non-hydrogen) atoms. The van der Waals surface area contributed by atoms with Crippen molar-refractivity contribution in [2.75, 3.05) is 18.8 Å². The molecule has 0 spiro atoms. The molecule has 7 heteroatoms. The number of piperidine rings is 1. The summed E-state index contributed by atoms with van der Waals surface area (Å²) in [5.41, 5.74) is 7.30. The lowest BCUT2D eigenvalue weighted by molar-refractivity contribution is 0.0909. The van der Waals surface area contributed by atoms with Gasteiger partial charge in [-0.2, -0.15) is 0 Å². The third-order valence-corrected chi connectivity index (χ3v) is 4.48. The van der Waals surface area contributed by atoms with Crippen LogP contribution < -0.4 is 11.1 Å². The molecular formula is C17H20ClN5O. The lowest BCUT2D eigenvalue weighted by Crippen LogP contribution is -2.44. The van der Waals surface area contributed by atoms with Gasteiger partial charge in [-0.1, -0.05) is 23.7 Å². The highest BCUT2D eigenvalue weighted by molar-refractivity contribution is 6.30. The lowest BCUT2D eigenvalue weighted by Gasteiger charge is -2.32. The maximum atomic E-state index is 12.2. The number of nitrogens with two attached hydrogens (primary N) is 1. The second-order valence-electron chi connectivity index (χ2n) is 5.97. The minimum atomic E-state index is -0.204. The Kier molecular flexibility index (Phi) is 5.27. The summed E-state index contributed by atoms with van der Waals surface area (Å²) >= 11 is 5.91. The fraction of sp³-hybridized carbons (Fsp3) is 0.353. The van der Waals surface area contributed by atoms with Crippen molar-refractivity contribution in [3.05, 3.63) is 52.9 Å². The van der Waals surface area contributed by atoms with Crippen molar-refractivity contribution < 1.29 is 4.79 Å². The highest BCUT2D eigenvalue weighted by Gasteiger charge is 2.22. The summed E-state index contributed by atoms with van der Waals surface area (Å²) in [6.07, 6.45) is 4.61. The van der Waals surface area contributed by atoms with Crippen molar-refractivity contribution in [2.45, 2.75) is 25.4 Å². The van der Waals surface area contributed by atoms with Crippen LogP contribution in [0.3, 0.4) is 0 Å². The Morgan fingerprint density at radius 2 is 2.00 bits per heavy atom. The van der Waals surface area contributed by atoms with Crippen molar-refractivity contribution in [1.82, 2.24) is 20.2 Å². The van der Waals surface area contributed by atoms with Crippen molar-refractivity contribution in [3.8, 4) is 0 Å². The van der Waals surface area contributed by atoms with Crippen LogP contribution >= 0.6 is 11.6 Å². The Bertz CT molecular complexity index is 698. The zero-order valence-corrected chi connectivity index (χ0v) is 14.0. The largest absolute Gasteiger partial charge is 0.383 e. The second kappa shape index (κ2) is 7.59. The van der Waals surface area contributed by atoms with E-state index in [1.54, 1.807) is 0 Å². The van der Waals surface area contributed by atoms with E-state index in [-0.39, 0.29) is 17.8 Å². The van der Waals surface area contributed by atoms with E-state index in [0.717, 1.165) is 37.5 Å². The van der Waals surface area contributed by atoms with Gasteiger partial charge in [0.1, 0.15) is 12.1 Å². The zero-order valence-electron chi connectivity index (χ0n) is 13.3. The normalized spacial score (nSPS) is 16.0. The van der Waals surface area contributed by atoms with Crippen LogP contribution in [-0.2, 0) is 6.54 Å². The van der Waals surface area contributed by atoms with Gasteiger partial charge in [0.15, 0.2) is 0 Å². The minimum absolute atomic E-state index is 0.151. The number of halogens is 1. The monoisotopic (exact) mass is 345 g/mol. The van der Waals surface area contributed by atoms with Gasteiger partial charge in [-0.3, -0.25) is 9.69 Å². The van der Waals surface area contributed by atoms with Gasteiger partial charge >= 0.3 is 0 Å². The third kappa shape index (κ3) is 4.21. The van der Waals surface area contributed by atoms with Gasteiger partial charge in [-0.15, -0.1) is 0 Å². The summed E-state index contributed by atoms with van der Waals surface area (Å²) in [5, 5.41) is 3.78. The molecule has 3 N–H and O–H groups in total. The molecule has 1 saturated heterocycles. The molecule has 1 aliphatic rings. The number of nitrogens with zero attached hydrogens (tertiary/aromatic N) is 3. The van der Waals surface area contributed by atoms with Crippen LogP contribution in [0.15, 0.2) is 36.8 Å². The van der Waals surface area contributed by atoms with E-state index in [4.69, 9.17) is 17.3 Å². The molecule has 0 bridgehead atoms. The van der Waals surface area contributed by atoms with Crippen LogP contribution in [0.1, 0.15) is 28.8 Å². The first-order valence-electron chi connectivity index (χ1n) is 7.95. The molecule has 1 fully saturated rings. The summed E-state index contributed by atoms with van der Waals surface area (Å²) in [6.45, 7) is 2.78. The number of hydrogen-bond acceptors (Lipinski definition) is 5. The van der Waals surface area contributed by atoms with Gasteiger partial charge < -0.3 is 11.1 Å². The summed E-state index contributed by atoms with van der Waals surface area (Å²) in [5.74, 6) is 0.00641. The van der Waals surface area contributed by atoms with Gasteiger partial charge in [-0.05, 0) is 30.5 Å². The molecule has 0 radical (unpaired) electrons. The third-order valence-electron chi connectivity index (χ3n) is 4.23. The van der Waals surface area contributed by atoms with Crippen LogP contribution in [0, 0.1) is 0 Å². The molecule has 0 saturated carbocycles. The highest BCUT2D eigenvalue weighted by Crippen LogP contribution is 2.16. The van der Waals surface area contributed by atoms with Crippen LogP contribution in [0.4, 0.5) is 5.82 Å². The summed E-state index contributed by atoms with van der Waals surface area (Å²) < 4.78 is 0. The number of likely N-dealkylation sites (tertiary alicyclic amines) is 1. The first kappa shape index (κ1) is 16.7. The van der Waals surface area contributed by atoms with Crippen LogP contribution in [-0.4, -0.2) is 39.9 Å². The molecule has 3 rings (SSSR count). The maximum absolute atomic E-state index is 12.2.